The maximum absolute atomic E-state index is 13.3. The lowest BCUT2D eigenvalue weighted by molar-refractivity contribution is -0.145. The molecule has 0 N–H and O–H groups in total. The second-order valence-electron chi connectivity index (χ2n) is 8.65. The van der Waals surface area contributed by atoms with Crippen LogP contribution in [0.25, 0.3) is 0 Å². The number of nitrogens with zero attached hydrogens (tertiary/aromatic N) is 2. The van der Waals surface area contributed by atoms with E-state index in [1.54, 1.807) is 0 Å². The van der Waals surface area contributed by atoms with Gasteiger partial charge in [-0.05, 0) is 63.5 Å². The lowest BCUT2D eigenvalue weighted by atomic mass is 10.1. The highest BCUT2D eigenvalue weighted by molar-refractivity contribution is 8.04. The molecular formula is C21H18F12N2O4S2. The molecule has 0 saturated carbocycles. The van der Waals surface area contributed by atoms with E-state index in [2.05, 4.69) is 0 Å². The van der Waals surface area contributed by atoms with Gasteiger partial charge in [0.2, 0.25) is 0 Å². The quantitative estimate of drug-likeness (QED) is 0.322. The first-order valence-electron chi connectivity index (χ1n) is 10.7. The van der Waals surface area contributed by atoms with Crippen LogP contribution < -0.4 is 0 Å². The number of hydrogen-bond acceptors (Lipinski definition) is 5. The van der Waals surface area contributed by atoms with Crippen LogP contribution in [-0.4, -0.2) is 52.6 Å². The monoisotopic (exact) mass is 654 g/mol. The molecule has 0 heterocycles. The van der Waals surface area contributed by atoms with Gasteiger partial charge in [0.05, 0.1) is 32.0 Å². The first-order chi connectivity index (χ1) is 18.2. The molecule has 20 heteroatoms. The molecule has 0 aromatic heterocycles. The Morgan fingerprint density at radius 2 is 0.780 bits per heavy atom. The SMILES string of the molecule is CN(C)CCCN(S(=O)(=O)c1cc(C(F)(F)F)cc(C(F)(F)F)c1)S(=O)(=O)c1cc(C(F)(F)F)cc(C(F)(F)F)c1. The average Bonchev–Trinajstić information content (AvgIpc) is 2.78. The van der Waals surface area contributed by atoms with Crippen LogP contribution in [0.5, 0.6) is 0 Å². The van der Waals surface area contributed by atoms with Gasteiger partial charge in [0.25, 0.3) is 20.0 Å². The summed E-state index contributed by atoms with van der Waals surface area (Å²) in [7, 11) is -9.23. The zero-order valence-electron chi connectivity index (χ0n) is 20.5. The highest BCUT2D eigenvalue weighted by atomic mass is 32.3. The molecule has 41 heavy (non-hydrogen) atoms. The minimum atomic E-state index is -6.00. The van der Waals surface area contributed by atoms with Gasteiger partial charge in [-0.25, -0.2) is 16.8 Å². The van der Waals surface area contributed by atoms with E-state index in [-0.39, 0.29) is 30.8 Å². The third-order valence-corrected chi connectivity index (χ3v) is 9.48. The zero-order valence-corrected chi connectivity index (χ0v) is 22.1. The Kier molecular flexibility index (Phi) is 9.50. The molecule has 2 aromatic carbocycles. The number of rotatable bonds is 8. The van der Waals surface area contributed by atoms with E-state index >= 15 is 0 Å². The van der Waals surface area contributed by atoms with Gasteiger partial charge in [-0.15, -0.1) is 0 Å². The summed E-state index contributed by atoms with van der Waals surface area (Å²) in [6, 6.07) is -2.30. The van der Waals surface area contributed by atoms with Crippen molar-refractivity contribution in [2.24, 2.45) is 0 Å². The van der Waals surface area contributed by atoms with Crippen molar-refractivity contribution in [2.75, 3.05) is 27.2 Å². The molecule has 2 aromatic rings. The highest BCUT2D eigenvalue weighted by Gasteiger charge is 2.44. The van der Waals surface area contributed by atoms with Gasteiger partial charge < -0.3 is 4.90 Å². The van der Waals surface area contributed by atoms with Crippen molar-refractivity contribution in [3.05, 3.63) is 58.7 Å². The Morgan fingerprint density at radius 3 is 1.00 bits per heavy atom. The largest absolute Gasteiger partial charge is 0.416 e. The second-order valence-corrected chi connectivity index (χ2v) is 12.6. The topological polar surface area (TPSA) is 74.8 Å². The van der Waals surface area contributed by atoms with Crippen LogP contribution in [0.3, 0.4) is 0 Å². The smallest absolute Gasteiger partial charge is 0.309 e. The van der Waals surface area contributed by atoms with Crippen molar-refractivity contribution in [1.29, 1.82) is 0 Å². The Hall–Kier alpha value is -2.58. The number of sulfonamides is 2. The van der Waals surface area contributed by atoms with Crippen molar-refractivity contribution < 1.29 is 69.5 Å². The first kappa shape index (κ1) is 34.6. The summed E-state index contributed by atoms with van der Waals surface area (Å²) in [5.74, 6) is 0. The maximum atomic E-state index is 13.3. The molecule has 6 nitrogen and oxygen atoms in total. The number of halogens is 12. The van der Waals surface area contributed by atoms with Crippen LogP contribution >= 0.6 is 0 Å². The Morgan fingerprint density at radius 1 is 0.512 bits per heavy atom. The van der Waals surface area contributed by atoms with Gasteiger partial charge in [0.15, 0.2) is 0 Å². The van der Waals surface area contributed by atoms with Gasteiger partial charge >= 0.3 is 24.7 Å². The van der Waals surface area contributed by atoms with Gasteiger partial charge in [0.1, 0.15) is 0 Å². The minimum absolute atomic E-state index is 0.172. The molecule has 0 spiro atoms. The van der Waals surface area contributed by atoms with Crippen molar-refractivity contribution in [2.45, 2.75) is 40.9 Å². The second kappa shape index (κ2) is 11.3. The molecule has 0 aliphatic carbocycles. The summed E-state index contributed by atoms with van der Waals surface area (Å²) < 4.78 is 212. The van der Waals surface area contributed by atoms with E-state index in [1.807, 2.05) is 0 Å². The van der Waals surface area contributed by atoms with E-state index in [0.717, 1.165) is 0 Å². The fourth-order valence-corrected chi connectivity index (χ4v) is 7.13. The molecule has 0 aliphatic heterocycles. The Labute approximate surface area is 225 Å². The third-order valence-electron chi connectivity index (χ3n) is 5.20. The van der Waals surface area contributed by atoms with Crippen LogP contribution in [0, 0.1) is 0 Å². The predicted octanol–water partition coefficient (Wildman–Crippen LogP) is 6.09. The summed E-state index contributed by atoms with van der Waals surface area (Å²) in [5.41, 5.74) is -8.69. The van der Waals surface area contributed by atoms with E-state index in [4.69, 9.17) is 0 Å². The minimum Gasteiger partial charge on any atom is -0.309 e. The van der Waals surface area contributed by atoms with Gasteiger partial charge in [0, 0.05) is 6.54 Å². The van der Waals surface area contributed by atoms with Gasteiger partial charge in [-0.1, -0.05) is 3.71 Å². The molecule has 232 valence electrons. The lowest BCUT2D eigenvalue weighted by Gasteiger charge is -2.25. The van der Waals surface area contributed by atoms with Crippen molar-refractivity contribution in [3.63, 3.8) is 0 Å². The van der Waals surface area contributed by atoms with Crippen LogP contribution in [-0.2, 0) is 44.8 Å². The summed E-state index contributed by atoms with van der Waals surface area (Å²) in [6.07, 6.45) is -22.8. The van der Waals surface area contributed by atoms with Crippen LogP contribution in [0.2, 0.25) is 0 Å². The molecule has 0 aliphatic rings. The normalized spacial score (nSPS) is 14.2. The van der Waals surface area contributed by atoms with Crippen molar-refractivity contribution >= 4 is 20.0 Å². The highest BCUT2D eigenvalue weighted by Crippen LogP contribution is 2.40. The van der Waals surface area contributed by atoms with Crippen molar-refractivity contribution in [3.8, 4) is 0 Å². The van der Waals surface area contributed by atoms with E-state index in [9.17, 15) is 69.5 Å². The molecule has 0 saturated heterocycles. The summed E-state index contributed by atoms with van der Waals surface area (Å²) in [4.78, 5) is -2.43. The van der Waals surface area contributed by atoms with E-state index in [1.165, 1.54) is 19.0 Å². The molecule has 0 fully saturated rings. The fourth-order valence-electron chi connectivity index (χ4n) is 3.27. The standard InChI is InChI=1S/C21H18F12N2O4S2/c1-34(2)4-3-5-35(40(36,37)16-8-12(18(22,23)24)6-13(9-16)19(25,26)27)41(38,39)17-10-14(20(28,29)30)7-15(11-17)21(31,32)33/h6-11H,3-5H2,1-2H3. The van der Waals surface area contributed by atoms with Crippen molar-refractivity contribution in [1.82, 2.24) is 8.61 Å². The van der Waals surface area contributed by atoms with E-state index < -0.39 is 106 Å². The molecule has 0 radical (unpaired) electrons. The summed E-state index contributed by atoms with van der Waals surface area (Å²) >= 11 is 0. The molecule has 0 bridgehead atoms. The first-order valence-corrected chi connectivity index (χ1v) is 13.6. The van der Waals surface area contributed by atoms with Crippen LogP contribution in [0.15, 0.2) is 46.2 Å². The number of alkyl halides is 12. The Bertz CT molecular complexity index is 1310. The maximum Gasteiger partial charge on any atom is 0.416 e. The molecule has 2 rings (SSSR count). The van der Waals surface area contributed by atoms with Crippen LogP contribution in [0.1, 0.15) is 28.7 Å². The van der Waals surface area contributed by atoms with Gasteiger partial charge in [-0.2, -0.15) is 52.7 Å². The zero-order chi connectivity index (χ0) is 32.0. The summed E-state index contributed by atoms with van der Waals surface area (Å²) in [5, 5.41) is 0. The van der Waals surface area contributed by atoms with Crippen LogP contribution in [0.4, 0.5) is 52.7 Å². The predicted molar refractivity (Wildman–Crippen MR) is 117 cm³/mol. The van der Waals surface area contributed by atoms with E-state index in [0.29, 0.717) is 0 Å². The molecular weight excluding hydrogens is 636 g/mol. The average molecular weight is 654 g/mol. The molecule has 0 unspecified atom stereocenters. The lowest BCUT2D eigenvalue weighted by Crippen LogP contribution is -2.39. The number of benzene rings is 2. The van der Waals surface area contributed by atoms with Gasteiger partial charge in [-0.3, -0.25) is 0 Å². The molecule has 0 atom stereocenters. The molecule has 0 amide bonds. The Balaban J connectivity index is 2.92. The summed E-state index contributed by atoms with van der Waals surface area (Å²) in [6.45, 7) is -1.45. The fraction of sp³-hybridized carbons (Fsp3) is 0.429. The number of hydrogen-bond donors (Lipinski definition) is 0. The third kappa shape index (κ3) is 8.25.